The predicted molar refractivity (Wildman–Crippen MR) is 62.0 cm³/mol. The average Bonchev–Trinajstić information content (AvgIpc) is 2.04. The minimum absolute atomic E-state index is 0. The Morgan fingerprint density at radius 2 is 1.57 bits per heavy atom. The molecule has 1 heterocycles. The average molecular weight is 237 g/mol. The Balaban J connectivity index is 0.000000845. The number of nitrogen functional groups attached to an aromatic ring is 2. The minimum Gasteiger partial charge on any atom is -0.383 e. The summed E-state index contributed by atoms with van der Waals surface area (Å²) in [6.45, 7) is 0. The fraction of sp³-hybridized carbons (Fsp3) is 0.500. The normalized spacial score (nSPS) is 13.4. The van der Waals surface area contributed by atoms with Crippen molar-refractivity contribution in [3.63, 3.8) is 0 Å². The van der Waals surface area contributed by atoms with Crippen LogP contribution in [0, 0.1) is 0 Å². The predicted octanol–water partition coefficient (Wildman–Crippen LogP) is 1.36. The highest BCUT2D eigenvalue weighted by Gasteiger charge is 2.14. The van der Waals surface area contributed by atoms with Crippen molar-refractivity contribution >= 4 is 36.6 Å². The Morgan fingerprint density at radius 3 is 2.29 bits per heavy atom. The lowest BCUT2D eigenvalue weighted by Gasteiger charge is -2.15. The molecule has 4 nitrogen and oxygen atoms in total. The van der Waals surface area contributed by atoms with E-state index in [1.165, 1.54) is 12.8 Å². The molecule has 1 aromatic heterocycles. The summed E-state index contributed by atoms with van der Waals surface area (Å²) in [7, 11) is 0. The molecular formula is C8H14Cl2N4. The highest BCUT2D eigenvalue weighted by atomic mass is 35.5. The number of hydrogen-bond acceptors (Lipinski definition) is 4. The van der Waals surface area contributed by atoms with E-state index >= 15 is 0 Å². The van der Waals surface area contributed by atoms with Gasteiger partial charge >= 0.3 is 0 Å². The van der Waals surface area contributed by atoms with Gasteiger partial charge in [0.2, 0.25) is 5.95 Å². The van der Waals surface area contributed by atoms with Gasteiger partial charge in [-0.2, -0.15) is 4.98 Å². The van der Waals surface area contributed by atoms with E-state index in [1.807, 2.05) is 0 Å². The summed E-state index contributed by atoms with van der Waals surface area (Å²) < 4.78 is 0. The van der Waals surface area contributed by atoms with Gasteiger partial charge in [-0.1, -0.05) is 0 Å². The highest BCUT2D eigenvalue weighted by molar-refractivity contribution is 5.85. The van der Waals surface area contributed by atoms with E-state index in [2.05, 4.69) is 9.97 Å². The summed E-state index contributed by atoms with van der Waals surface area (Å²) in [4.78, 5) is 8.09. The van der Waals surface area contributed by atoms with Gasteiger partial charge in [0.25, 0.3) is 0 Å². The van der Waals surface area contributed by atoms with Gasteiger partial charge in [0.05, 0.1) is 5.69 Å². The van der Waals surface area contributed by atoms with Crippen molar-refractivity contribution in [2.24, 2.45) is 0 Å². The van der Waals surface area contributed by atoms with E-state index in [-0.39, 0.29) is 24.8 Å². The Labute approximate surface area is 95.3 Å². The molecule has 0 unspecified atom stereocenters. The molecule has 80 valence electrons. The zero-order valence-electron chi connectivity index (χ0n) is 7.69. The first-order valence-electron chi connectivity index (χ1n) is 4.18. The SMILES string of the molecule is Cl.Cl.Nc1nc(N)c2c(n1)CCCC2. The number of halogens is 2. The molecule has 0 aromatic carbocycles. The van der Waals surface area contributed by atoms with Crippen molar-refractivity contribution < 1.29 is 0 Å². The summed E-state index contributed by atoms with van der Waals surface area (Å²) in [5.74, 6) is 0.866. The first-order valence-corrected chi connectivity index (χ1v) is 4.18. The Kier molecular flexibility index (Phi) is 4.94. The Hall–Kier alpha value is -0.740. The number of fused-ring (bicyclic) bond motifs is 1. The van der Waals surface area contributed by atoms with Gasteiger partial charge < -0.3 is 11.5 Å². The number of anilines is 2. The Bertz CT molecular complexity index is 316. The maximum absolute atomic E-state index is 5.71. The zero-order chi connectivity index (χ0) is 8.55. The van der Waals surface area contributed by atoms with Gasteiger partial charge in [0.15, 0.2) is 0 Å². The molecule has 1 aromatic rings. The monoisotopic (exact) mass is 236 g/mol. The molecular weight excluding hydrogens is 223 g/mol. The van der Waals surface area contributed by atoms with Crippen molar-refractivity contribution in [3.05, 3.63) is 11.3 Å². The molecule has 0 spiro atoms. The second kappa shape index (κ2) is 5.22. The maximum Gasteiger partial charge on any atom is 0.222 e. The standard InChI is InChI=1S/C8H12N4.2ClH/c9-7-5-3-1-2-4-6(5)11-8(10)12-7;;/h1-4H2,(H4,9,10,11,12);2*1H. The van der Waals surface area contributed by atoms with Crippen LogP contribution in [-0.4, -0.2) is 9.97 Å². The number of nitrogens with two attached hydrogens (primary N) is 2. The molecule has 0 bridgehead atoms. The maximum atomic E-state index is 5.71. The molecule has 4 N–H and O–H groups in total. The van der Waals surface area contributed by atoms with E-state index < -0.39 is 0 Å². The zero-order valence-corrected chi connectivity index (χ0v) is 9.33. The van der Waals surface area contributed by atoms with Crippen LogP contribution < -0.4 is 11.5 Å². The first-order chi connectivity index (χ1) is 5.77. The molecule has 1 aliphatic rings. The van der Waals surface area contributed by atoms with Crippen molar-refractivity contribution in [1.82, 2.24) is 9.97 Å². The van der Waals surface area contributed by atoms with E-state index in [0.29, 0.717) is 11.8 Å². The molecule has 0 radical (unpaired) electrons. The van der Waals surface area contributed by atoms with Crippen LogP contribution in [-0.2, 0) is 12.8 Å². The molecule has 1 aliphatic carbocycles. The smallest absolute Gasteiger partial charge is 0.222 e. The molecule has 0 atom stereocenters. The summed E-state index contributed by atoms with van der Waals surface area (Å²) >= 11 is 0. The molecule has 14 heavy (non-hydrogen) atoms. The number of rotatable bonds is 0. The third kappa shape index (κ3) is 2.39. The lowest BCUT2D eigenvalue weighted by Crippen LogP contribution is -2.12. The second-order valence-electron chi connectivity index (χ2n) is 3.10. The van der Waals surface area contributed by atoms with Crippen LogP contribution in [0.25, 0.3) is 0 Å². The lowest BCUT2D eigenvalue weighted by molar-refractivity contribution is 0.666. The van der Waals surface area contributed by atoms with Crippen LogP contribution in [0.2, 0.25) is 0 Å². The third-order valence-corrected chi connectivity index (χ3v) is 2.23. The second-order valence-corrected chi connectivity index (χ2v) is 3.10. The summed E-state index contributed by atoms with van der Waals surface area (Å²) in [5, 5.41) is 0. The van der Waals surface area contributed by atoms with Crippen molar-refractivity contribution in [2.45, 2.75) is 25.7 Å². The van der Waals surface area contributed by atoms with Crippen molar-refractivity contribution in [2.75, 3.05) is 11.5 Å². The fourth-order valence-electron chi connectivity index (χ4n) is 1.64. The van der Waals surface area contributed by atoms with E-state index in [4.69, 9.17) is 11.5 Å². The van der Waals surface area contributed by atoms with Gasteiger partial charge in [-0.25, -0.2) is 4.98 Å². The van der Waals surface area contributed by atoms with Crippen LogP contribution in [0.4, 0.5) is 11.8 Å². The molecule has 6 heteroatoms. The number of aromatic nitrogens is 2. The van der Waals surface area contributed by atoms with Crippen LogP contribution in [0.5, 0.6) is 0 Å². The van der Waals surface area contributed by atoms with Gasteiger partial charge in [-0.3, -0.25) is 0 Å². The highest BCUT2D eigenvalue weighted by Crippen LogP contribution is 2.23. The van der Waals surface area contributed by atoms with Crippen LogP contribution in [0.1, 0.15) is 24.1 Å². The summed E-state index contributed by atoms with van der Waals surface area (Å²) in [6, 6.07) is 0. The van der Waals surface area contributed by atoms with E-state index in [0.717, 1.165) is 24.1 Å². The molecule has 0 saturated heterocycles. The Morgan fingerprint density at radius 1 is 0.929 bits per heavy atom. The third-order valence-electron chi connectivity index (χ3n) is 2.23. The van der Waals surface area contributed by atoms with E-state index in [1.54, 1.807) is 0 Å². The molecule has 0 saturated carbocycles. The fourth-order valence-corrected chi connectivity index (χ4v) is 1.64. The largest absolute Gasteiger partial charge is 0.383 e. The first kappa shape index (κ1) is 13.3. The topological polar surface area (TPSA) is 77.8 Å². The van der Waals surface area contributed by atoms with Gasteiger partial charge in [-0.15, -0.1) is 24.8 Å². The van der Waals surface area contributed by atoms with Gasteiger partial charge in [0, 0.05) is 5.56 Å². The van der Waals surface area contributed by atoms with E-state index in [9.17, 15) is 0 Å². The van der Waals surface area contributed by atoms with Gasteiger partial charge in [0.1, 0.15) is 5.82 Å². The van der Waals surface area contributed by atoms with Crippen molar-refractivity contribution in [3.8, 4) is 0 Å². The number of aryl methyl sites for hydroxylation is 1. The van der Waals surface area contributed by atoms with Crippen molar-refractivity contribution in [1.29, 1.82) is 0 Å². The molecule has 0 fully saturated rings. The quantitative estimate of drug-likeness (QED) is 0.714. The summed E-state index contributed by atoms with van der Waals surface area (Å²) in [5.41, 5.74) is 13.3. The molecule has 0 aliphatic heterocycles. The minimum atomic E-state index is 0. The number of hydrogen-bond donors (Lipinski definition) is 2. The summed E-state index contributed by atoms with van der Waals surface area (Å²) in [6.07, 6.45) is 4.36. The van der Waals surface area contributed by atoms with Crippen LogP contribution in [0.15, 0.2) is 0 Å². The van der Waals surface area contributed by atoms with Gasteiger partial charge in [-0.05, 0) is 25.7 Å². The number of nitrogens with zero attached hydrogens (tertiary/aromatic N) is 2. The van der Waals surface area contributed by atoms with Crippen LogP contribution in [0.3, 0.4) is 0 Å². The molecule has 2 rings (SSSR count). The molecule has 0 amide bonds. The lowest BCUT2D eigenvalue weighted by atomic mass is 9.97. The van der Waals surface area contributed by atoms with Crippen LogP contribution >= 0.6 is 24.8 Å².